The Kier molecular flexibility index (Phi) is 6.81. The topological polar surface area (TPSA) is 93.7 Å². The normalized spacial score (nSPS) is 19.1. The molecule has 0 unspecified atom stereocenters. The van der Waals surface area contributed by atoms with Crippen molar-refractivity contribution in [2.24, 2.45) is 0 Å². The SMILES string of the molecule is CNC(=O)c1cc(-c2cc([C@H]3CN(C(=O)OC(C)(C)C)C[C@H](C)O3)cc(Cl)n2)ccn1. The van der Waals surface area contributed by atoms with Crippen LogP contribution in [0.1, 0.15) is 49.9 Å². The largest absolute Gasteiger partial charge is 0.444 e. The van der Waals surface area contributed by atoms with E-state index in [2.05, 4.69) is 15.3 Å². The third-order valence-electron chi connectivity index (χ3n) is 4.62. The molecule has 2 aromatic heterocycles. The van der Waals surface area contributed by atoms with E-state index in [-0.39, 0.29) is 29.0 Å². The van der Waals surface area contributed by atoms with Gasteiger partial charge in [0.2, 0.25) is 0 Å². The van der Waals surface area contributed by atoms with Crippen LogP contribution in [-0.4, -0.2) is 58.7 Å². The van der Waals surface area contributed by atoms with Gasteiger partial charge in [-0.05, 0) is 57.5 Å². The maximum absolute atomic E-state index is 12.6. The van der Waals surface area contributed by atoms with Gasteiger partial charge in [-0.25, -0.2) is 9.78 Å². The lowest BCUT2D eigenvalue weighted by molar-refractivity contribution is -0.0816. The van der Waals surface area contributed by atoms with Gasteiger partial charge >= 0.3 is 6.09 Å². The molecule has 1 fully saturated rings. The van der Waals surface area contributed by atoms with Gasteiger partial charge in [0.25, 0.3) is 5.91 Å². The Morgan fingerprint density at radius 3 is 2.68 bits per heavy atom. The average molecular weight is 447 g/mol. The summed E-state index contributed by atoms with van der Waals surface area (Å²) in [5.41, 5.74) is 1.77. The number of hydrogen-bond donors (Lipinski definition) is 1. The number of aromatic nitrogens is 2. The van der Waals surface area contributed by atoms with E-state index in [0.717, 1.165) is 5.56 Å². The number of pyridine rings is 2. The van der Waals surface area contributed by atoms with Crippen LogP contribution in [0, 0.1) is 0 Å². The maximum Gasteiger partial charge on any atom is 0.410 e. The molecule has 1 N–H and O–H groups in total. The minimum atomic E-state index is -0.578. The van der Waals surface area contributed by atoms with Crippen LogP contribution in [0.2, 0.25) is 5.15 Å². The molecule has 0 spiro atoms. The molecule has 3 rings (SSSR count). The summed E-state index contributed by atoms with van der Waals surface area (Å²) >= 11 is 6.30. The molecule has 2 aromatic rings. The fraction of sp³-hybridized carbons (Fsp3) is 0.455. The number of carbonyl (C=O) groups excluding carboxylic acids is 2. The number of carbonyl (C=O) groups is 2. The molecular formula is C22H27ClN4O4. The molecule has 0 aromatic carbocycles. The smallest absolute Gasteiger partial charge is 0.410 e. The Hall–Kier alpha value is -2.71. The van der Waals surface area contributed by atoms with E-state index >= 15 is 0 Å². The highest BCUT2D eigenvalue weighted by atomic mass is 35.5. The molecule has 31 heavy (non-hydrogen) atoms. The fourth-order valence-corrected chi connectivity index (χ4v) is 3.52. The summed E-state index contributed by atoms with van der Waals surface area (Å²) in [4.78, 5) is 34.6. The first-order valence-electron chi connectivity index (χ1n) is 10.0. The molecule has 0 radical (unpaired) electrons. The average Bonchev–Trinajstić information content (AvgIpc) is 2.71. The minimum Gasteiger partial charge on any atom is -0.444 e. The number of rotatable bonds is 3. The van der Waals surface area contributed by atoms with Crippen LogP contribution in [0.3, 0.4) is 0 Å². The van der Waals surface area contributed by atoms with E-state index in [4.69, 9.17) is 21.1 Å². The second kappa shape index (κ2) is 9.20. The van der Waals surface area contributed by atoms with Crippen molar-refractivity contribution in [1.82, 2.24) is 20.2 Å². The lowest BCUT2D eigenvalue weighted by Crippen LogP contribution is -2.47. The van der Waals surface area contributed by atoms with Crippen molar-refractivity contribution in [3.63, 3.8) is 0 Å². The molecule has 2 amide bonds. The third kappa shape index (κ3) is 5.92. The van der Waals surface area contributed by atoms with Crippen LogP contribution >= 0.6 is 11.6 Å². The molecule has 0 bridgehead atoms. The number of ether oxygens (including phenoxy) is 2. The first-order chi connectivity index (χ1) is 14.6. The summed E-state index contributed by atoms with van der Waals surface area (Å²) in [5.74, 6) is -0.290. The molecule has 0 saturated carbocycles. The zero-order valence-corrected chi connectivity index (χ0v) is 19.1. The molecule has 0 aliphatic carbocycles. The lowest BCUT2D eigenvalue weighted by atomic mass is 10.0. The van der Waals surface area contributed by atoms with Crippen molar-refractivity contribution in [2.45, 2.75) is 45.5 Å². The first kappa shape index (κ1) is 23.0. The monoisotopic (exact) mass is 446 g/mol. The Morgan fingerprint density at radius 1 is 1.26 bits per heavy atom. The highest BCUT2D eigenvalue weighted by Gasteiger charge is 2.32. The first-order valence-corrected chi connectivity index (χ1v) is 10.4. The van der Waals surface area contributed by atoms with Gasteiger partial charge in [0.1, 0.15) is 22.6 Å². The predicted octanol–water partition coefficient (Wildman–Crippen LogP) is 3.85. The minimum absolute atomic E-state index is 0.178. The van der Waals surface area contributed by atoms with Gasteiger partial charge in [0, 0.05) is 18.8 Å². The van der Waals surface area contributed by atoms with Crippen molar-refractivity contribution < 1.29 is 19.1 Å². The molecule has 1 saturated heterocycles. The van der Waals surface area contributed by atoms with Gasteiger partial charge in [0.15, 0.2) is 0 Å². The van der Waals surface area contributed by atoms with E-state index in [1.54, 1.807) is 36.3 Å². The molecule has 2 atom stereocenters. The summed E-state index contributed by atoms with van der Waals surface area (Å²) in [6, 6.07) is 6.98. The van der Waals surface area contributed by atoms with Gasteiger partial charge in [-0.1, -0.05) is 11.6 Å². The summed E-state index contributed by atoms with van der Waals surface area (Å²) in [6.45, 7) is 8.19. The summed E-state index contributed by atoms with van der Waals surface area (Å²) in [5, 5.41) is 2.84. The Morgan fingerprint density at radius 2 is 2.00 bits per heavy atom. The molecular weight excluding hydrogens is 420 g/mol. The zero-order valence-electron chi connectivity index (χ0n) is 18.3. The van der Waals surface area contributed by atoms with Gasteiger partial charge in [-0.15, -0.1) is 0 Å². The maximum atomic E-state index is 12.6. The standard InChI is InChI=1S/C22H27ClN4O4/c1-13-11-27(21(29)31-22(2,3)4)12-18(30-13)15-9-16(26-19(23)10-15)14-6-7-25-17(8-14)20(28)24-5/h6-10,13,18H,11-12H2,1-5H3,(H,24,28)/t13-,18+/m0/s1. The lowest BCUT2D eigenvalue weighted by Gasteiger charge is -2.37. The molecule has 8 nitrogen and oxygen atoms in total. The zero-order chi connectivity index (χ0) is 22.8. The fourth-order valence-electron chi connectivity index (χ4n) is 3.30. The predicted molar refractivity (Wildman–Crippen MR) is 117 cm³/mol. The van der Waals surface area contributed by atoms with E-state index in [1.165, 1.54) is 0 Å². The molecule has 3 heterocycles. The number of amides is 2. The second-order valence-corrected chi connectivity index (χ2v) is 8.83. The molecule has 1 aliphatic heterocycles. The van der Waals surface area contributed by atoms with Crippen LogP contribution in [0.4, 0.5) is 4.79 Å². The van der Waals surface area contributed by atoms with Crippen molar-refractivity contribution in [1.29, 1.82) is 0 Å². The van der Waals surface area contributed by atoms with E-state index in [0.29, 0.717) is 24.3 Å². The summed E-state index contributed by atoms with van der Waals surface area (Å²) < 4.78 is 11.6. The number of hydrogen-bond acceptors (Lipinski definition) is 6. The van der Waals surface area contributed by atoms with E-state index in [9.17, 15) is 9.59 Å². The highest BCUT2D eigenvalue weighted by molar-refractivity contribution is 6.29. The van der Waals surface area contributed by atoms with E-state index in [1.807, 2.05) is 33.8 Å². The second-order valence-electron chi connectivity index (χ2n) is 8.44. The van der Waals surface area contributed by atoms with E-state index < -0.39 is 11.7 Å². The van der Waals surface area contributed by atoms with Crippen molar-refractivity contribution in [3.05, 3.63) is 46.9 Å². The van der Waals surface area contributed by atoms with Crippen molar-refractivity contribution >= 4 is 23.6 Å². The number of nitrogens with zero attached hydrogens (tertiary/aromatic N) is 3. The van der Waals surface area contributed by atoms with Gasteiger partial charge in [-0.3, -0.25) is 9.78 Å². The third-order valence-corrected chi connectivity index (χ3v) is 4.81. The van der Waals surface area contributed by atoms with Crippen LogP contribution in [-0.2, 0) is 9.47 Å². The number of halogens is 1. The van der Waals surface area contributed by atoms with Gasteiger partial charge < -0.3 is 19.7 Å². The number of nitrogens with one attached hydrogen (secondary N) is 1. The Bertz CT molecular complexity index is 976. The van der Waals surface area contributed by atoms with Gasteiger partial charge in [-0.2, -0.15) is 0 Å². The summed E-state index contributed by atoms with van der Waals surface area (Å²) in [6.07, 6.45) is 0.599. The summed E-state index contributed by atoms with van der Waals surface area (Å²) in [7, 11) is 1.55. The Balaban J connectivity index is 1.89. The molecule has 1 aliphatic rings. The molecule has 166 valence electrons. The number of morpholine rings is 1. The Labute approximate surface area is 186 Å². The van der Waals surface area contributed by atoms with Crippen molar-refractivity contribution in [3.8, 4) is 11.3 Å². The van der Waals surface area contributed by atoms with Gasteiger partial charge in [0.05, 0.1) is 24.9 Å². The van der Waals surface area contributed by atoms with Crippen LogP contribution < -0.4 is 5.32 Å². The van der Waals surface area contributed by atoms with Crippen molar-refractivity contribution in [2.75, 3.05) is 20.1 Å². The van der Waals surface area contributed by atoms with Crippen LogP contribution in [0.25, 0.3) is 11.3 Å². The van der Waals surface area contributed by atoms with Crippen LogP contribution in [0.15, 0.2) is 30.5 Å². The molecule has 9 heteroatoms. The quantitative estimate of drug-likeness (QED) is 0.719. The highest BCUT2D eigenvalue weighted by Crippen LogP contribution is 2.30. The van der Waals surface area contributed by atoms with Crippen LogP contribution in [0.5, 0.6) is 0 Å².